The van der Waals surface area contributed by atoms with Crippen LogP contribution in [0.4, 0.5) is 0 Å². The molecule has 0 heterocycles. The molecule has 0 saturated heterocycles. The van der Waals surface area contributed by atoms with Crippen molar-refractivity contribution in [1.29, 1.82) is 0 Å². The van der Waals surface area contributed by atoms with Crippen LogP contribution in [0.15, 0.2) is 0 Å². The fourth-order valence-corrected chi connectivity index (χ4v) is 5.16. The number of rotatable bonds is 6. The van der Waals surface area contributed by atoms with Gasteiger partial charge in [0.2, 0.25) is 0 Å². The van der Waals surface area contributed by atoms with Crippen molar-refractivity contribution in [2.24, 2.45) is 5.92 Å². The third kappa shape index (κ3) is 6.49. The predicted octanol–water partition coefficient (Wildman–Crippen LogP) is 3.35. The van der Waals surface area contributed by atoms with Crippen LogP contribution >= 0.6 is 11.6 Å². The van der Waals surface area contributed by atoms with Crippen LogP contribution in [0.5, 0.6) is 0 Å². The molecule has 0 fully saturated rings. The molecule has 80 valence electrons. The Morgan fingerprint density at radius 1 is 1.31 bits per heavy atom. The molecule has 0 spiro atoms. The van der Waals surface area contributed by atoms with Crippen LogP contribution in [0.3, 0.4) is 0 Å². The van der Waals surface area contributed by atoms with E-state index in [-0.39, 0.29) is 5.56 Å². The van der Waals surface area contributed by atoms with Gasteiger partial charge in [-0.25, -0.2) is 0 Å². The van der Waals surface area contributed by atoms with E-state index in [1.165, 1.54) is 0 Å². The average Bonchev–Trinajstić information content (AvgIpc) is 1.81. The van der Waals surface area contributed by atoms with E-state index in [9.17, 15) is 0 Å². The molecule has 2 unspecified atom stereocenters. The van der Waals surface area contributed by atoms with Gasteiger partial charge in [-0.1, -0.05) is 25.4 Å². The molecule has 2 atom stereocenters. The van der Waals surface area contributed by atoms with Crippen LogP contribution < -0.4 is 0 Å². The van der Waals surface area contributed by atoms with Gasteiger partial charge in [0.1, 0.15) is 5.56 Å². The summed E-state index contributed by atoms with van der Waals surface area (Å²) in [6.07, 6.45) is 0. The van der Waals surface area contributed by atoms with Crippen molar-refractivity contribution >= 4 is 20.2 Å². The van der Waals surface area contributed by atoms with Gasteiger partial charge < -0.3 is 8.85 Å². The highest BCUT2D eigenvalue weighted by molar-refractivity contribution is 6.66. The summed E-state index contributed by atoms with van der Waals surface area (Å²) in [7, 11) is -2.01. The molecule has 0 radical (unpaired) electrons. The van der Waals surface area contributed by atoms with E-state index in [1.807, 2.05) is 13.8 Å². The number of hydrogen-bond acceptors (Lipinski definition) is 2. The van der Waals surface area contributed by atoms with Gasteiger partial charge in [0.25, 0.3) is 0 Å². The molecule has 0 saturated carbocycles. The zero-order valence-corrected chi connectivity index (χ0v) is 11.0. The van der Waals surface area contributed by atoms with Crippen molar-refractivity contribution < 1.29 is 8.85 Å². The highest BCUT2D eigenvalue weighted by Gasteiger charge is 2.33. The van der Waals surface area contributed by atoms with Crippen LogP contribution in [-0.2, 0) is 8.85 Å². The maximum atomic E-state index is 5.81. The zero-order valence-electron chi connectivity index (χ0n) is 9.26. The smallest absolute Gasteiger partial charge is 0.336 e. The molecular formula is C9H21ClO2Si. The Bertz CT molecular complexity index is 130. The first-order chi connectivity index (χ1) is 5.89. The lowest BCUT2D eigenvalue weighted by Gasteiger charge is -2.29. The second-order valence-corrected chi connectivity index (χ2v) is 7.64. The van der Waals surface area contributed by atoms with E-state index < -0.39 is 8.56 Å². The molecule has 0 rings (SSSR count). The number of hydrogen-bond donors (Lipinski definition) is 0. The summed E-state index contributed by atoms with van der Waals surface area (Å²) < 4.78 is 11.4. The minimum absolute atomic E-state index is 0.248. The first-order valence-electron chi connectivity index (χ1n) is 4.85. The summed E-state index contributed by atoms with van der Waals surface area (Å²) in [5.41, 5.74) is -0.248. The molecule has 2 nitrogen and oxygen atoms in total. The molecule has 0 aromatic carbocycles. The molecule has 0 aromatic rings. The molecule has 0 N–H and O–H groups in total. The summed E-state index contributed by atoms with van der Waals surface area (Å²) in [5.74, 6) is 0.596. The lowest BCUT2D eigenvalue weighted by molar-refractivity contribution is 0.168. The Morgan fingerprint density at radius 2 is 1.85 bits per heavy atom. The third-order valence-corrected chi connectivity index (χ3v) is 5.19. The fraction of sp³-hybridized carbons (Fsp3) is 1.00. The van der Waals surface area contributed by atoms with E-state index >= 15 is 0 Å². The van der Waals surface area contributed by atoms with Crippen molar-refractivity contribution in [2.45, 2.75) is 45.8 Å². The van der Waals surface area contributed by atoms with Crippen molar-refractivity contribution in [1.82, 2.24) is 0 Å². The van der Waals surface area contributed by atoms with Gasteiger partial charge in [0.15, 0.2) is 0 Å². The van der Waals surface area contributed by atoms with Crippen LogP contribution in [-0.4, -0.2) is 20.7 Å². The normalized spacial score (nSPS) is 18.7. The highest BCUT2D eigenvalue weighted by atomic mass is 35.5. The standard InChI is InChI=1S/C9H21ClO2Si/c1-6-11-13(5,7-8(2)3)12-9(4)10/h8-9H,6-7H2,1-5H3. The summed E-state index contributed by atoms with van der Waals surface area (Å²) in [5, 5.41) is 0. The van der Waals surface area contributed by atoms with Crippen LogP contribution in [0.2, 0.25) is 12.6 Å². The second-order valence-electron chi connectivity index (χ2n) is 3.83. The minimum atomic E-state index is -2.01. The average molecular weight is 225 g/mol. The molecule has 4 heteroatoms. The number of halogens is 1. The predicted molar refractivity (Wildman–Crippen MR) is 59.3 cm³/mol. The Morgan fingerprint density at radius 3 is 2.15 bits per heavy atom. The van der Waals surface area contributed by atoms with Crippen molar-refractivity contribution in [2.75, 3.05) is 6.61 Å². The minimum Gasteiger partial charge on any atom is -0.395 e. The van der Waals surface area contributed by atoms with E-state index in [4.69, 9.17) is 20.5 Å². The lowest BCUT2D eigenvalue weighted by Crippen LogP contribution is -2.41. The molecule has 0 aliphatic carbocycles. The molecular weight excluding hydrogens is 204 g/mol. The Balaban J connectivity index is 4.15. The molecule has 0 amide bonds. The monoisotopic (exact) mass is 224 g/mol. The SMILES string of the molecule is CCO[Si](C)(CC(C)C)OC(C)Cl. The van der Waals surface area contributed by atoms with Gasteiger partial charge in [-0.3, -0.25) is 0 Å². The van der Waals surface area contributed by atoms with E-state index in [0.29, 0.717) is 12.5 Å². The van der Waals surface area contributed by atoms with E-state index in [1.54, 1.807) is 0 Å². The Hall–Kier alpha value is 0.427. The topological polar surface area (TPSA) is 18.5 Å². The van der Waals surface area contributed by atoms with Gasteiger partial charge >= 0.3 is 8.56 Å². The summed E-state index contributed by atoms with van der Waals surface area (Å²) >= 11 is 5.81. The van der Waals surface area contributed by atoms with E-state index in [0.717, 1.165) is 6.04 Å². The third-order valence-electron chi connectivity index (χ3n) is 1.64. The summed E-state index contributed by atoms with van der Waals surface area (Å²) in [4.78, 5) is 0. The largest absolute Gasteiger partial charge is 0.395 e. The summed E-state index contributed by atoms with van der Waals surface area (Å²) in [6, 6.07) is 0.998. The Kier molecular flexibility index (Phi) is 6.21. The molecule has 13 heavy (non-hydrogen) atoms. The van der Waals surface area contributed by atoms with Crippen molar-refractivity contribution in [3.05, 3.63) is 0 Å². The van der Waals surface area contributed by atoms with Crippen molar-refractivity contribution in [3.8, 4) is 0 Å². The first-order valence-corrected chi connectivity index (χ1v) is 7.81. The molecule has 0 aliphatic heterocycles. The molecule has 0 bridgehead atoms. The molecule has 0 aliphatic rings. The van der Waals surface area contributed by atoms with Gasteiger partial charge in [-0.2, -0.15) is 0 Å². The second kappa shape index (κ2) is 6.01. The Labute approximate surface area is 87.8 Å². The van der Waals surface area contributed by atoms with Crippen molar-refractivity contribution in [3.63, 3.8) is 0 Å². The highest BCUT2D eigenvalue weighted by Crippen LogP contribution is 2.21. The van der Waals surface area contributed by atoms with E-state index in [2.05, 4.69) is 20.4 Å². The summed E-state index contributed by atoms with van der Waals surface area (Å²) in [6.45, 7) is 11.0. The van der Waals surface area contributed by atoms with Gasteiger partial charge in [-0.15, -0.1) is 0 Å². The van der Waals surface area contributed by atoms with Crippen LogP contribution in [0.25, 0.3) is 0 Å². The fourth-order valence-electron chi connectivity index (χ4n) is 1.53. The van der Waals surface area contributed by atoms with Crippen LogP contribution in [0, 0.1) is 5.92 Å². The quantitative estimate of drug-likeness (QED) is 0.509. The molecule has 0 aromatic heterocycles. The van der Waals surface area contributed by atoms with Gasteiger partial charge in [0, 0.05) is 6.61 Å². The number of alkyl halides is 1. The van der Waals surface area contributed by atoms with Crippen LogP contribution in [0.1, 0.15) is 27.7 Å². The lowest BCUT2D eigenvalue weighted by atomic mass is 10.3. The van der Waals surface area contributed by atoms with Gasteiger partial charge in [0.05, 0.1) is 0 Å². The first kappa shape index (κ1) is 13.4. The maximum Gasteiger partial charge on any atom is 0.336 e. The maximum absolute atomic E-state index is 5.81. The zero-order chi connectivity index (χ0) is 10.5. The van der Waals surface area contributed by atoms with Gasteiger partial charge in [-0.05, 0) is 32.4 Å².